The summed E-state index contributed by atoms with van der Waals surface area (Å²) >= 11 is 0. The lowest BCUT2D eigenvalue weighted by Crippen LogP contribution is -2.53. The average molecular weight is 418 g/mol. The Morgan fingerprint density at radius 3 is 1.87 bits per heavy atom. The van der Waals surface area contributed by atoms with Crippen LogP contribution < -0.4 is 5.32 Å². The summed E-state index contributed by atoms with van der Waals surface area (Å²) in [6, 6.07) is 0. The molecule has 3 amide bonds. The van der Waals surface area contributed by atoms with Gasteiger partial charge in [0.15, 0.2) is 0 Å². The molecule has 4 bridgehead atoms. The maximum absolute atomic E-state index is 12.6. The van der Waals surface area contributed by atoms with Crippen molar-refractivity contribution >= 4 is 17.7 Å². The van der Waals surface area contributed by atoms with Gasteiger partial charge < -0.3 is 15.1 Å². The summed E-state index contributed by atoms with van der Waals surface area (Å²) in [5.41, 5.74) is 0.212. The first-order chi connectivity index (χ1) is 14.3. The van der Waals surface area contributed by atoms with Gasteiger partial charge >= 0.3 is 0 Å². The topological polar surface area (TPSA) is 69.7 Å². The zero-order valence-electron chi connectivity index (χ0n) is 18.8. The second-order valence-electron chi connectivity index (χ2n) is 11.1. The van der Waals surface area contributed by atoms with Gasteiger partial charge in [0.05, 0.1) is 6.54 Å². The van der Waals surface area contributed by atoms with E-state index in [0.717, 1.165) is 24.2 Å². The van der Waals surface area contributed by atoms with Gasteiger partial charge in [-0.25, -0.2) is 0 Å². The molecule has 0 aromatic carbocycles. The van der Waals surface area contributed by atoms with Crippen LogP contribution in [-0.2, 0) is 14.4 Å². The first kappa shape index (κ1) is 21.6. The van der Waals surface area contributed by atoms with Crippen LogP contribution in [0.2, 0.25) is 0 Å². The fourth-order valence-corrected chi connectivity index (χ4v) is 6.97. The molecule has 0 radical (unpaired) electrons. The van der Waals surface area contributed by atoms with Gasteiger partial charge in [0.25, 0.3) is 0 Å². The highest BCUT2D eigenvalue weighted by Gasteiger charge is 2.51. The predicted octanol–water partition coefficient (Wildman–Crippen LogP) is 2.82. The Balaban J connectivity index is 1.17. The number of carbonyl (C=O) groups is 3. The van der Waals surface area contributed by atoms with E-state index in [4.69, 9.17) is 0 Å². The third kappa shape index (κ3) is 5.00. The molecule has 1 saturated heterocycles. The van der Waals surface area contributed by atoms with Gasteiger partial charge in [-0.15, -0.1) is 0 Å². The molecule has 5 aliphatic rings. The Hall–Kier alpha value is -1.59. The number of amides is 3. The van der Waals surface area contributed by atoms with Crippen molar-refractivity contribution in [3.8, 4) is 0 Å². The Morgan fingerprint density at radius 1 is 0.867 bits per heavy atom. The summed E-state index contributed by atoms with van der Waals surface area (Å²) in [6.45, 7) is 6.68. The second-order valence-corrected chi connectivity index (χ2v) is 11.1. The quantitative estimate of drug-likeness (QED) is 0.692. The minimum absolute atomic E-state index is 0.0249. The van der Waals surface area contributed by atoms with Gasteiger partial charge in [-0.05, 0) is 74.0 Å². The van der Waals surface area contributed by atoms with Crippen LogP contribution >= 0.6 is 0 Å². The monoisotopic (exact) mass is 417 g/mol. The van der Waals surface area contributed by atoms with Crippen molar-refractivity contribution in [2.75, 3.05) is 32.7 Å². The molecule has 6 heteroatoms. The normalized spacial score (nSPS) is 32.6. The van der Waals surface area contributed by atoms with Crippen molar-refractivity contribution in [1.82, 2.24) is 15.1 Å². The summed E-state index contributed by atoms with van der Waals surface area (Å²) in [6.07, 6.45) is 9.89. The molecule has 30 heavy (non-hydrogen) atoms. The average Bonchev–Trinajstić information content (AvgIpc) is 2.69. The molecule has 0 unspecified atom stereocenters. The largest absolute Gasteiger partial charge is 0.347 e. The summed E-state index contributed by atoms with van der Waals surface area (Å²) in [7, 11) is 0. The van der Waals surface area contributed by atoms with Crippen LogP contribution in [0, 0.1) is 29.1 Å². The lowest BCUT2D eigenvalue weighted by Gasteiger charge is -2.56. The maximum atomic E-state index is 12.6. The number of hydrogen-bond acceptors (Lipinski definition) is 3. The van der Waals surface area contributed by atoms with Crippen LogP contribution in [0.3, 0.4) is 0 Å². The van der Waals surface area contributed by atoms with E-state index in [2.05, 4.69) is 19.2 Å². The molecule has 0 spiro atoms. The number of nitrogens with zero attached hydrogens (tertiary/aromatic N) is 2. The fraction of sp³-hybridized carbons (Fsp3) is 0.875. The van der Waals surface area contributed by atoms with Gasteiger partial charge in [-0.3, -0.25) is 14.4 Å². The molecule has 6 nitrogen and oxygen atoms in total. The fourth-order valence-electron chi connectivity index (χ4n) is 6.97. The second kappa shape index (κ2) is 8.88. The first-order valence-corrected chi connectivity index (χ1v) is 12.1. The van der Waals surface area contributed by atoms with Crippen LogP contribution in [0.1, 0.15) is 71.6 Å². The smallest absolute Gasteiger partial charge is 0.242 e. The molecule has 4 saturated carbocycles. The molecule has 1 heterocycles. The van der Waals surface area contributed by atoms with Crippen molar-refractivity contribution in [1.29, 1.82) is 0 Å². The van der Waals surface area contributed by atoms with E-state index < -0.39 is 0 Å². The van der Waals surface area contributed by atoms with Crippen LogP contribution in [0.25, 0.3) is 0 Å². The maximum Gasteiger partial charge on any atom is 0.242 e. The number of nitrogens with one attached hydrogen (secondary N) is 1. The van der Waals surface area contributed by atoms with E-state index in [0.29, 0.717) is 44.9 Å². The lowest BCUT2D eigenvalue weighted by molar-refractivity contribution is -0.140. The van der Waals surface area contributed by atoms with Crippen molar-refractivity contribution < 1.29 is 14.4 Å². The molecule has 5 fully saturated rings. The van der Waals surface area contributed by atoms with Crippen molar-refractivity contribution in [3.63, 3.8) is 0 Å². The van der Waals surface area contributed by atoms with Gasteiger partial charge in [-0.1, -0.05) is 13.8 Å². The van der Waals surface area contributed by atoms with E-state index in [1.165, 1.54) is 38.5 Å². The van der Waals surface area contributed by atoms with Gasteiger partial charge in [0.1, 0.15) is 0 Å². The highest BCUT2D eigenvalue weighted by Crippen LogP contribution is 2.61. The lowest BCUT2D eigenvalue weighted by atomic mass is 9.49. The first-order valence-electron chi connectivity index (χ1n) is 12.1. The number of piperazine rings is 1. The zero-order chi connectivity index (χ0) is 21.3. The molecule has 1 aliphatic heterocycles. The third-order valence-corrected chi connectivity index (χ3v) is 8.06. The Labute approximate surface area is 181 Å². The van der Waals surface area contributed by atoms with Gasteiger partial charge in [0.2, 0.25) is 17.7 Å². The van der Waals surface area contributed by atoms with Crippen molar-refractivity contribution in [2.45, 2.75) is 71.6 Å². The van der Waals surface area contributed by atoms with E-state index in [-0.39, 0.29) is 29.7 Å². The van der Waals surface area contributed by atoms with Gasteiger partial charge in [-0.2, -0.15) is 0 Å². The number of carbonyl (C=O) groups excluding carboxylic acids is 3. The molecular formula is C24H39N3O3. The summed E-state index contributed by atoms with van der Waals surface area (Å²) in [5.74, 6) is 3.26. The van der Waals surface area contributed by atoms with Crippen LogP contribution in [0.4, 0.5) is 0 Å². The molecule has 168 valence electrons. The highest BCUT2D eigenvalue weighted by atomic mass is 16.2. The minimum Gasteiger partial charge on any atom is -0.347 e. The Kier molecular flexibility index (Phi) is 6.40. The molecular weight excluding hydrogens is 378 g/mol. The van der Waals surface area contributed by atoms with E-state index in [9.17, 15) is 14.4 Å². The Morgan fingerprint density at radius 2 is 1.37 bits per heavy atom. The number of hydrogen-bond donors (Lipinski definition) is 1. The minimum atomic E-state index is -0.0249. The van der Waals surface area contributed by atoms with E-state index in [1.54, 1.807) is 4.90 Å². The summed E-state index contributed by atoms with van der Waals surface area (Å²) in [4.78, 5) is 41.1. The predicted molar refractivity (Wildman–Crippen MR) is 115 cm³/mol. The zero-order valence-corrected chi connectivity index (χ0v) is 18.8. The van der Waals surface area contributed by atoms with Crippen LogP contribution in [-0.4, -0.2) is 60.2 Å². The molecule has 4 aliphatic carbocycles. The highest BCUT2D eigenvalue weighted by molar-refractivity contribution is 5.85. The molecule has 0 atom stereocenters. The third-order valence-electron chi connectivity index (χ3n) is 8.06. The summed E-state index contributed by atoms with van der Waals surface area (Å²) < 4.78 is 0. The summed E-state index contributed by atoms with van der Waals surface area (Å²) in [5, 5.41) is 2.91. The Bertz CT molecular complexity index is 631. The SMILES string of the molecule is CC(C)CCC(=O)N1CCN(C(=O)CNC(=O)CC23CC4CC(CC(C4)C2)C3)CC1. The van der Waals surface area contributed by atoms with Crippen molar-refractivity contribution in [2.24, 2.45) is 29.1 Å². The van der Waals surface area contributed by atoms with Crippen LogP contribution in [0.5, 0.6) is 0 Å². The molecule has 0 aromatic heterocycles. The standard InChI is InChI=1S/C24H39N3O3/c1-17(2)3-4-22(29)26-5-7-27(8-6-26)23(30)16-25-21(28)15-24-12-18-9-19(13-24)11-20(10-18)14-24/h17-20H,3-16H2,1-2H3,(H,25,28). The molecule has 1 N–H and O–H groups in total. The van der Waals surface area contributed by atoms with E-state index >= 15 is 0 Å². The van der Waals surface area contributed by atoms with E-state index in [1.807, 2.05) is 4.90 Å². The van der Waals surface area contributed by atoms with Crippen LogP contribution in [0.15, 0.2) is 0 Å². The number of rotatable bonds is 7. The molecule has 0 aromatic rings. The van der Waals surface area contributed by atoms with Crippen molar-refractivity contribution in [3.05, 3.63) is 0 Å². The molecule has 5 rings (SSSR count). The van der Waals surface area contributed by atoms with Gasteiger partial charge in [0, 0.05) is 39.0 Å².